The van der Waals surface area contributed by atoms with Gasteiger partial charge in [-0.15, -0.1) is 0 Å². The van der Waals surface area contributed by atoms with E-state index in [1.54, 1.807) is 19.1 Å². The van der Waals surface area contributed by atoms with E-state index in [1.807, 2.05) is 0 Å². The van der Waals surface area contributed by atoms with Crippen molar-refractivity contribution in [3.63, 3.8) is 0 Å². The molecule has 0 aliphatic heterocycles. The fourth-order valence-electron chi connectivity index (χ4n) is 1.12. The van der Waals surface area contributed by atoms with E-state index >= 15 is 0 Å². The Kier molecular flexibility index (Phi) is 2.57. The monoisotopic (exact) mass is 196 g/mol. The van der Waals surface area contributed by atoms with E-state index in [9.17, 15) is 10.1 Å². The Hall–Kier alpha value is -1.49. The number of nitro groups is 1. The Bertz CT molecular complexity index is 376. The van der Waals surface area contributed by atoms with Crippen LogP contribution in [0.3, 0.4) is 0 Å². The molecule has 0 spiro atoms. The SMILES string of the molecule is Cc1cccc([N+](=O)[O-])c1C(N)=S. The van der Waals surface area contributed by atoms with Gasteiger partial charge in [-0.1, -0.05) is 24.4 Å². The lowest BCUT2D eigenvalue weighted by Gasteiger charge is -2.03. The highest BCUT2D eigenvalue weighted by Gasteiger charge is 2.16. The number of aryl methyl sites for hydroxylation is 1. The first kappa shape index (κ1) is 9.60. The van der Waals surface area contributed by atoms with Crippen molar-refractivity contribution in [2.75, 3.05) is 0 Å². The van der Waals surface area contributed by atoms with Crippen LogP contribution in [0.15, 0.2) is 18.2 Å². The van der Waals surface area contributed by atoms with Crippen LogP contribution in [-0.4, -0.2) is 9.91 Å². The van der Waals surface area contributed by atoms with Crippen LogP contribution >= 0.6 is 12.2 Å². The second-order valence-corrected chi connectivity index (χ2v) is 3.03. The molecule has 0 bridgehead atoms. The summed E-state index contributed by atoms with van der Waals surface area (Å²) >= 11 is 4.73. The van der Waals surface area contributed by atoms with Gasteiger partial charge in [0.15, 0.2) is 0 Å². The molecule has 0 aromatic heterocycles. The van der Waals surface area contributed by atoms with Gasteiger partial charge in [-0.05, 0) is 12.5 Å². The van der Waals surface area contributed by atoms with Crippen LogP contribution in [0, 0.1) is 17.0 Å². The van der Waals surface area contributed by atoms with Crippen LogP contribution in [0.4, 0.5) is 5.69 Å². The molecule has 0 fully saturated rings. The van der Waals surface area contributed by atoms with Gasteiger partial charge < -0.3 is 5.73 Å². The average molecular weight is 196 g/mol. The van der Waals surface area contributed by atoms with Crippen molar-refractivity contribution in [3.8, 4) is 0 Å². The summed E-state index contributed by atoms with van der Waals surface area (Å²) in [7, 11) is 0. The molecule has 0 atom stereocenters. The van der Waals surface area contributed by atoms with Crippen molar-refractivity contribution in [1.82, 2.24) is 0 Å². The molecule has 2 N–H and O–H groups in total. The molecule has 0 unspecified atom stereocenters. The molecular formula is C8H8N2O2S. The zero-order chi connectivity index (χ0) is 10.0. The van der Waals surface area contributed by atoms with Gasteiger partial charge in [0.25, 0.3) is 5.69 Å². The maximum absolute atomic E-state index is 10.6. The maximum atomic E-state index is 10.6. The molecule has 1 rings (SSSR count). The third-order valence-corrected chi connectivity index (χ3v) is 1.90. The van der Waals surface area contributed by atoms with Gasteiger partial charge in [0.05, 0.1) is 10.5 Å². The molecule has 1 aromatic carbocycles. The van der Waals surface area contributed by atoms with Crippen molar-refractivity contribution in [2.45, 2.75) is 6.92 Å². The molecule has 0 amide bonds. The van der Waals surface area contributed by atoms with E-state index in [2.05, 4.69) is 0 Å². The molecule has 5 heteroatoms. The number of nitrogens with zero attached hydrogens (tertiary/aromatic N) is 1. The number of hydrogen-bond acceptors (Lipinski definition) is 3. The second kappa shape index (κ2) is 3.49. The molecule has 0 aliphatic carbocycles. The first-order chi connectivity index (χ1) is 6.04. The van der Waals surface area contributed by atoms with Crippen LogP contribution in [0.1, 0.15) is 11.1 Å². The second-order valence-electron chi connectivity index (χ2n) is 2.59. The summed E-state index contributed by atoms with van der Waals surface area (Å²) in [6.07, 6.45) is 0. The summed E-state index contributed by atoms with van der Waals surface area (Å²) in [5.41, 5.74) is 6.42. The summed E-state index contributed by atoms with van der Waals surface area (Å²) in [5, 5.41) is 10.6. The van der Waals surface area contributed by atoms with Crippen LogP contribution in [0.5, 0.6) is 0 Å². The molecule has 0 saturated heterocycles. The summed E-state index contributed by atoms with van der Waals surface area (Å²) in [6.45, 7) is 1.74. The van der Waals surface area contributed by atoms with E-state index in [-0.39, 0.29) is 10.7 Å². The Balaban J connectivity index is 3.43. The quantitative estimate of drug-likeness (QED) is 0.442. The van der Waals surface area contributed by atoms with E-state index in [0.29, 0.717) is 5.56 Å². The van der Waals surface area contributed by atoms with E-state index < -0.39 is 4.92 Å². The van der Waals surface area contributed by atoms with Gasteiger partial charge in [-0.2, -0.15) is 0 Å². The van der Waals surface area contributed by atoms with Gasteiger partial charge in [-0.3, -0.25) is 10.1 Å². The average Bonchev–Trinajstić information content (AvgIpc) is 2.02. The topological polar surface area (TPSA) is 69.2 Å². The molecule has 0 radical (unpaired) electrons. The van der Waals surface area contributed by atoms with Crippen LogP contribution in [0.25, 0.3) is 0 Å². The smallest absolute Gasteiger partial charge is 0.279 e. The van der Waals surface area contributed by atoms with E-state index in [1.165, 1.54) is 6.07 Å². The third kappa shape index (κ3) is 1.81. The predicted octanol–water partition coefficient (Wildman–Crippen LogP) is 1.54. The van der Waals surface area contributed by atoms with Gasteiger partial charge in [0.1, 0.15) is 4.99 Å². The minimum atomic E-state index is -0.485. The van der Waals surface area contributed by atoms with Crippen LogP contribution < -0.4 is 5.73 Å². The lowest BCUT2D eigenvalue weighted by Crippen LogP contribution is -2.13. The van der Waals surface area contributed by atoms with Crippen molar-refractivity contribution in [2.24, 2.45) is 5.73 Å². The molecule has 0 heterocycles. The highest BCUT2D eigenvalue weighted by Crippen LogP contribution is 2.21. The lowest BCUT2D eigenvalue weighted by molar-refractivity contribution is -0.385. The zero-order valence-electron chi connectivity index (χ0n) is 6.98. The molecule has 0 saturated carbocycles. The highest BCUT2D eigenvalue weighted by molar-refractivity contribution is 7.80. The van der Waals surface area contributed by atoms with Crippen molar-refractivity contribution < 1.29 is 4.92 Å². The molecule has 0 aliphatic rings. The number of thiocarbonyl (C=S) groups is 1. The van der Waals surface area contributed by atoms with Crippen LogP contribution in [-0.2, 0) is 0 Å². The number of nitrogens with two attached hydrogens (primary N) is 1. The molecule has 1 aromatic rings. The number of hydrogen-bond donors (Lipinski definition) is 1. The van der Waals surface area contributed by atoms with Gasteiger partial charge in [0.2, 0.25) is 0 Å². The summed E-state index contributed by atoms with van der Waals surface area (Å²) in [6, 6.07) is 4.73. The third-order valence-electron chi connectivity index (χ3n) is 1.69. The number of rotatable bonds is 2. The molecule has 68 valence electrons. The van der Waals surface area contributed by atoms with E-state index in [0.717, 1.165) is 5.56 Å². The summed E-state index contributed by atoms with van der Waals surface area (Å²) in [4.78, 5) is 10.1. The molecular weight excluding hydrogens is 188 g/mol. The summed E-state index contributed by atoms with van der Waals surface area (Å²) in [5.74, 6) is 0. The van der Waals surface area contributed by atoms with Crippen LogP contribution in [0.2, 0.25) is 0 Å². The fraction of sp³-hybridized carbons (Fsp3) is 0.125. The standard InChI is InChI=1S/C8H8N2O2S/c1-5-3-2-4-6(10(11)12)7(5)8(9)13/h2-4H,1H3,(H2,9,13). The predicted molar refractivity (Wildman–Crippen MR) is 53.7 cm³/mol. The maximum Gasteiger partial charge on any atom is 0.279 e. The molecule has 4 nitrogen and oxygen atoms in total. The lowest BCUT2D eigenvalue weighted by atomic mass is 10.1. The fourth-order valence-corrected chi connectivity index (χ4v) is 1.39. The van der Waals surface area contributed by atoms with Crippen molar-refractivity contribution in [3.05, 3.63) is 39.4 Å². The molecule has 13 heavy (non-hydrogen) atoms. The summed E-state index contributed by atoms with van der Waals surface area (Å²) < 4.78 is 0. The van der Waals surface area contributed by atoms with Gasteiger partial charge >= 0.3 is 0 Å². The number of nitro benzene ring substituents is 1. The van der Waals surface area contributed by atoms with Crippen molar-refractivity contribution >= 4 is 22.9 Å². The Morgan fingerprint density at radius 2 is 2.23 bits per heavy atom. The van der Waals surface area contributed by atoms with Crippen molar-refractivity contribution in [1.29, 1.82) is 0 Å². The first-order valence-electron chi connectivity index (χ1n) is 3.58. The van der Waals surface area contributed by atoms with E-state index in [4.69, 9.17) is 18.0 Å². The normalized spacial score (nSPS) is 9.62. The Morgan fingerprint density at radius 1 is 1.62 bits per heavy atom. The minimum absolute atomic E-state index is 0.0347. The highest BCUT2D eigenvalue weighted by atomic mass is 32.1. The largest absolute Gasteiger partial charge is 0.389 e. The van der Waals surface area contributed by atoms with Gasteiger partial charge in [-0.25, -0.2) is 0 Å². The Labute approximate surface area is 80.5 Å². The van der Waals surface area contributed by atoms with Gasteiger partial charge in [0, 0.05) is 6.07 Å². The zero-order valence-corrected chi connectivity index (χ0v) is 7.80. The number of benzene rings is 1. The Morgan fingerprint density at radius 3 is 2.62 bits per heavy atom. The minimum Gasteiger partial charge on any atom is -0.389 e. The first-order valence-corrected chi connectivity index (χ1v) is 3.98.